The number of hydrogen-bond acceptors (Lipinski definition) is 3. The van der Waals surface area contributed by atoms with E-state index in [0.29, 0.717) is 24.2 Å². The number of alkyl halides is 3. The van der Waals surface area contributed by atoms with Gasteiger partial charge in [-0.2, -0.15) is 13.2 Å². The predicted molar refractivity (Wildman–Crippen MR) is 101 cm³/mol. The Kier molecular flexibility index (Phi) is 6.10. The molecular weight excluding hydrogens is 385 g/mol. The van der Waals surface area contributed by atoms with Gasteiger partial charge in [-0.15, -0.1) is 0 Å². The van der Waals surface area contributed by atoms with Gasteiger partial charge in [-0.1, -0.05) is 18.2 Å². The van der Waals surface area contributed by atoms with Crippen molar-refractivity contribution in [1.29, 1.82) is 0 Å². The standard InChI is InChI=1S/C21H21F3N2O3/c1-29-16-6-4-5-14(13-16)19(27)25-15-9-11-26(12-10-15)20(28)17-7-2-3-8-18(17)21(22,23)24/h2-8,13,15H,9-12H2,1H3,(H,25,27). The molecule has 5 nitrogen and oxygen atoms in total. The Hall–Kier alpha value is -3.03. The summed E-state index contributed by atoms with van der Waals surface area (Å²) >= 11 is 0. The van der Waals surface area contributed by atoms with E-state index in [9.17, 15) is 22.8 Å². The lowest BCUT2D eigenvalue weighted by molar-refractivity contribution is -0.138. The number of hydrogen-bond donors (Lipinski definition) is 1. The van der Waals surface area contributed by atoms with Crippen LogP contribution in [0.2, 0.25) is 0 Å². The molecule has 3 rings (SSSR count). The lowest BCUT2D eigenvalue weighted by Crippen LogP contribution is -2.46. The van der Waals surface area contributed by atoms with Crippen LogP contribution in [0.4, 0.5) is 13.2 Å². The molecule has 8 heteroatoms. The Morgan fingerprint density at radius 3 is 2.41 bits per heavy atom. The van der Waals surface area contributed by atoms with E-state index in [1.807, 2.05) is 0 Å². The van der Waals surface area contributed by atoms with Gasteiger partial charge >= 0.3 is 6.18 Å². The highest BCUT2D eigenvalue weighted by Crippen LogP contribution is 2.32. The number of carbonyl (C=O) groups excluding carboxylic acids is 2. The number of ether oxygens (including phenoxy) is 1. The summed E-state index contributed by atoms with van der Waals surface area (Å²) in [6.45, 7) is 0.544. The summed E-state index contributed by atoms with van der Waals surface area (Å²) in [5.41, 5.74) is -0.820. The molecule has 1 saturated heterocycles. The molecule has 0 aliphatic carbocycles. The van der Waals surface area contributed by atoms with Crippen molar-refractivity contribution in [1.82, 2.24) is 10.2 Å². The highest BCUT2D eigenvalue weighted by atomic mass is 19.4. The molecule has 0 atom stereocenters. The molecule has 1 fully saturated rings. The van der Waals surface area contributed by atoms with Crippen LogP contribution in [0.5, 0.6) is 5.75 Å². The molecule has 1 heterocycles. The zero-order valence-electron chi connectivity index (χ0n) is 15.8. The van der Waals surface area contributed by atoms with Gasteiger partial charge in [-0.05, 0) is 43.2 Å². The molecule has 0 bridgehead atoms. The average Bonchev–Trinajstić information content (AvgIpc) is 2.73. The Balaban J connectivity index is 1.61. The van der Waals surface area contributed by atoms with Crippen molar-refractivity contribution in [2.24, 2.45) is 0 Å². The van der Waals surface area contributed by atoms with Crippen LogP contribution in [-0.4, -0.2) is 43.0 Å². The van der Waals surface area contributed by atoms with E-state index in [1.54, 1.807) is 24.3 Å². The van der Waals surface area contributed by atoms with Crippen molar-refractivity contribution in [3.63, 3.8) is 0 Å². The van der Waals surface area contributed by atoms with Gasteiger partial charge in [-0.25, -0.2) is 0 Å². The Labute approximate surface area is 166 Å². The number of likely N-dealkylation sites (tertiary alicyclic amines) is 1. The molecule has 2 amide bonds. The fourth-order valence-corrected chi connectivity index (χ4v) is 3.35. The molecule has 29 heavy (non-hydrogen) atoms. The van der Waals surface area contributed by atoms with Crippen LogP contribution in [0.1, 0.15) is 39.1 Å². The second-order valence-electron chi connectivity index (χ2n) is 6.82. The average molecular weight is 406 g/mol. The zero-order chi connectivity index (χ0) is 21.0. The topological polar surface area (TPSA) is 58.6 Å². The minimum Gasteiger partial charge on any atom is -0.497 e. The monoisotopic (exact) mass is 406 g/mol. The van der Waals surface area contributed by atoms with E-state index in [4.69, 9.17) is 4.74 Å². The molecule has 1 N–H and O–H groups in total. The first-order chi connectivity index (χ1) is 13.8. The SMILES string of the molecule is COc1cccc(C(=O)NC2CCN(C(=O)c3ccccc3C(F)(F)F)CC2)c1. The summed E-state index contributed by atoms with van der Waals surface area (Å²) in [4.78, 5) is 26.4. The highest BCUT2D eigenvalue weighted by molar-refractivity contribution is 5.96. The number of rotatable bonds is 4. The van der Waals surface area contributed by atoms with Gasteiger partial charge in [0.2, 0.25) is 0 Å². The van der Waals surface area contributed by atoms with Gasteiger partial charge in [0.1, 0.15) is 5.75 Å². The van der Waals surface area contributed by atoms with Gasteiger partial charge in [0, 0.05) is 24.7 Å². The van der Waals surface area contributed by atoms with Crippen LogP contribution in [0, 0.1) is 0 Å². The Morgan fingerprint density at radius 1 is 1.07 bits per heavy atom. The highest BCUT2D eigenvalue weighted by Gasteiger charge is 2.36. The molecule has 2 aromatic carbocycles. The molecular formula is C21H21F3N2O3. The first-order valence-corrected chi connectivity index (χ1v) is 9.20. The molecule has 0 unspecified atom stereocenters. The number of piperidine rings is 1. The minimum absolute atomic E-state index is 0.157. The van der Waals surface area contributed by atoms with Gasteiger partial charge in [0.05, 0.1) is 18.2 Å². The molecule has 1 aliphatic heterocycles. The minimum atomic E-state index is -4.59. The predicted octanol–water partition coefficient (Wildman–Crippen LogP) is 3.75. The Morgan fingerprint density at radius 2 is 1.76 bits per heavy atom. The van der Waals surface area contributed by atoms with Crippen molar-refractivity contribution in [2.75, 3.05) is 20.2 Å². The van der Waals surface area contributed by atoms with Crippen LogP contribution in [0.25, 0.3) is 0 Å². The molecule has 2 aromatic rings. The van der Waals surface area contributed by atoms with Crippen molar-refractivity contribution < 1.29 is 27.5 Å². The van der Waals surface area contributed by atoms with Gasteiger partial charge in [-0.3, -0.25) is 9.59 Å². The normalized spacial score (nSPS) is 15.1. The molecule has 0 saturated carbocycles. The van der Waals surface area contributed by atoms with E-state index in [0.717, 1.165) is 6.07 Å². The maximum absolute atomic E-state index is 13.2. The van der Waals surface area contributed by atoms with Crippen LogP contribution < -0.4 is 10.1 Å². The summed E-state index contributed by atoms with van der Waals surface area (Å²) < 4.78 is 44.6. The maximum atomic E-state index is 13.2. The van der Waals surface area contributed by atoms with Gasteiger partial charge in [0.25, 0.3) is 11.8 Å². The van der Waals surface area contributed by atoms with E-state index in [1.165, 1.54) is 30.2 Å². The summed E-state index contributed by atoms with van der Waals surface area (Å²) in [5, 5.41) is 2.91. The van der Waals surface area contributed by atoms with Crippen molar-refractivity contribution >= 4 is 11.8 Å². The van der Waals surface area contributed by atoms with Crippen molar-refractivity contribution in [3.8, 4) is 5.75 Å². The lowest BCUT2D eigenvalue weighted by atomic mass is 10.0. The van der Waals surface area contributed by atoms with Crippen LogP contribution in [-0.2, 0) is 6.18 Å². The third kappa shape index (κ3) is 4.88. The molecule has 0 aromatic heterocycles. The second-order valence-corrected chi connectivity index (χ2v) is 6.82. The second kappa shape index (κ2) is 8.55. The summed E-state index contributed by atoms with van der Waals surface area (Å²) in [7, 11) is 1.51. The van der Waals surface area contributed by atoms with E-state index < -0.39 is 17.6 Å². The van der Waals surface area contributed by atoms with E-state index in [2.05, 4.69) is 5.32 Å². The quantitative estimate of drug-likeness (QED) is 0.842. The number of nitrogens with zero attached hydrogens (tertiary/aromatic N) is 1. The maximum Gasteiger partial charge on any atom is 0.417 e. The van der Waals surface area contributed by atoms with Crippen LogP contribution >= 0.6 is 0 Å². The molecule has 0 radical (unpaired) electrons. The number of benzene rings is 2. The Bertz CT molecular complexity index is 891. The van der Waals surface area contributed by atoms with Crippen LogP contribution in [0.15, 0.2) is 48.5 Å². The number of amides is 2. The molecule has 0 spiro atoms. The summed E-state index contributed by atoms with van der Waals surface area (Å²) in [6, 6.07) is 11.4. The van der Waals surface area contributed by atoms with Crippen molar-refractivity contribution in [3.05, 3.63) is 65.2 Å². The number of nitrogens with one attached hydrogen (secondary N) is 1. The fourth-order valence-electron chi connectivity index (χ4n) is 3.35. The number of methoxy groups -OCH3 is 1. The first kappa shape index (κ1) is 20.7. The first-order valence-electron chi connectivity index (χ1n) is 9.20. The molecule has 154 valence electrons. The van der Waals surface area contributed by atoms with Crippen molar-refractivity contribution in [2.45, 2.75) is 25.1 Å². The fraction of sp³-hybridized carbons (Fsp3) is 0.333. The third-order valence-electron chi connectivity index (χ3n) is 4.91. The van der Waals surface area contributed by atoms with Crippen LogP contribution in [0.3, 0.4) is 0 Å². The van der Waals surface area contributed by atoms with E-state index in [-0.39, 0.29) is 30.6 Å². The van der Waals surface area contributed by atoms with Gasteiger partial charge < -0.3 is 15.0 Å². The van der Waals surface area contributed by atoms with E-state index >= 15 is 0 Å². The third-order valence-corrected chi connectivity index (χ3v) is 4.91. The summed E-state index contributed by atoms with van der Waals surface area (Å²) in [5.74, 6) is -0.326. The number of carbonyl (C=O) groups is 2. The largest absolute Gasteiger partial charge is 0.497 e. The number of halogens is 3. The molecule has 1 aliphatic rings. The zero-order valence-corrected chi connectivity index (χ0v) is 15.8. The smallest absolute Gasteiger partial charge is 0.417 e. The van der Waals surface area contributed by atoms with Gasteiger partial charge in [0.15, 0.2) is 0 Å². The summed E-state index contributed by atoms with van der Waals surface area (Å²) in [6.07, 6.45) is -3.65. The lowest BCUT2D eigenvalue weighted by Gasteiger charge is -2.33.